The van der Waals surface area contributed by atoms with E-state index in [9.17, 15) is 14.4 Å². The van der Waals surface area contributed by atoms with Gasteiger partial charge in [-0.05, 0) is 61.1 Å². The summed E-state index contributed by atoms with van der Waals surface area (Å²) in [6, 6.07) is 3.72. The average molecular weight is 465 g/mol. The van der Waals surface area contributed by atoms with Crippen LogP contribution in [-0.2, 0) is 16.1 Å². The monoisotopic (exact) mass is 464 g/mol. The summed E-state index contributed by atoms with van der Waals surface area (Å²) in [5.41, 5.74) is 2.64. The maximum atomic E-state index is 13.1. The molecular formula is C26H32N4O4. The number of hydrogen-bond donors (Lipinski definition) is 1. The van der Waals surface area contributed by atoms with Crippen LogP contribution in [0.25, 0.3) is 0 Å². The summed E-state index contributed by atoms with van der Waals surface area (Å²) in [4.78, 5) is 43.8. The number of carbonyl (C=O) groups excluding carboxylic acids is 3. The standard InChI is InChI=1S/C26H32N4O4/c31-24-4-3-21(25(32)27-24)30-12-18-9-22-23(10-20(18)26(30)33)34-14-19-13-28(5-6-29(19)22)11-17-8-15-1-2-16(17)7-15/h9-10,15-17,19,21H,1-8,11-14H2,(H,27,31,32)/t15?,16?,17?,19-,21-/m0/s1. The molecule has 6 aliphatic rings. The van der Waals surface area contributed by atoms with Gasteiger partial charge in [0.2, 0.25) is 11.8 Å². The minimum absolute atomic E-state index is 0.145. The third-order valence-electron chi connectivity index (χ3n) is 9.29. The van der Waals surface area contributed by atoms with Crippen molar-refractivity contribution in [2.24, 2.45) is 17.8 Å². The van der Waals surface area contributed by atoms with Crippen molar-refractivity contribution < 1.29 is 19.1 Å². The lowest BCUT2D eigenvalue weighted by atomic mass is 9.88. The fraction of sp³-hybridized carbons (Fsp3) is 0.654. The summed E-state index contributed by atoms with van der Waals surface area (Å²) in [6.07, 6.45) is 6.44. The Morgan fingerprint density at radius 2 is 1.94 bits per heavy atom. The lowest BCUT2D eigenvalue weighted by Crippen LogP contribution is -2.58. The van der Waals surface area contributed by atoms with Crippen LogP contribution in [-0.4, -0.2) is 72.4 Å². The predicted molar refractivity (Wildman–Crippen MR) is 124 cm³/mol. The summed E-state index contributed by atoms with van der Waals surface area (Å²) >= 11 is 0. The van der Waals surface area contributed by atoms with Gasteiger partial charge in [-0.2, -0.15) is 0 Å². The smallest absolute Gasteiger partial charge is 0.255 e. The Balaban J connectivity index is 1.07. The first-order valence-corrected chi connectivity index (χ1v) is 13.0. The fourth-order valence-corrected chi connectivity index (χ4v) is 7.59. The van der Waals surface area contributed by atoms with Gasteiger partial charge in [-0.3, -0.25) is 24.6 Å². The molecule has 8 heteroatoms. The molecule has 2 aliphatic carbocycles. The van der Waals surface area contributed by atoms with Crippen molar-refractivity contribution in [3.63, 3.8) is 0 Å². The number of fused-ring (bicyclic) bond motifs is 6. The van der Waals surface area contributed by atoms with Crippen LogP contribution in [0.3, 0.4) is 0 Å². The number of imide groups is 1. The molecule has 2 bridgehead atoms. The number of amides is 3. The molecule has 8 nitrogen and oxygen atoms in total. The number of benzene rings is 1. The summed E-state index contributed by atoms with van der Waals surface area (Å²) in [7, 11) is 0. The predicted octanol–water partition coefficient (Wildman–Crippen LogP) is 1.77. The van der Waals surface area contributed by atoms with Gasteiger partial charge in [-0.25, -0.2) is 0 Å². The van der Waals surface area contributed by atoms with E-state index >= 15 is 0 Å². The normalized spacial score (nSPS) is 34.6. The zero-order valence-electron chi connectivity index (χ0n) is 19.5. The molecule has 4 aliphatic heterocycles. The molecular weight excluding hydrogens is 432 g/mol. The van der Waals surface area contributed by atoms with E-state index in [0.29, 0.717) is 31.2 Å². The molecule has 3 unspecified atom stereocenters. The molecule has 5 atom stereocenters. The third kappa shape index (κ3) is 3.25. The summed E-state index contributed by atoms with van der Waals surface area (Å²) in [5.74, 6) is 2.83. The molecule has 4 heterocycles. The quantitative estimate of drug-likeness (QED) is 0.687. The number of nitrogens with one attached hydrogen (secondary N) is 1. The van der Waals surface area contributed by atoms with Gasteiger partial charge in [0.1, 0.15) is 18.4 Å². The van der Waals surface area contributed by atoms with Gasteiger partial charge in [0, 0.05) is 44.7 Å². The van der Waals surface area contributed by atoms with Crippen molar-refractivity contribution in [3.05, 3.63) is 23.3 Å². The molecule has 0 spiro atoms. The zero-order valence-corrected chi connectivity index (χ0v) is 19.5. The maximum Gasteiger partial charge on any atom is 0.255 e. The fourth-order valence-electron chi connectivity index (χ4n) is 7.59. The van der Waals surface area contributed by atoms with E-state index in [1.54, 1.807) is 4.90 Å². The van der Waals surface area contributed by atoms with Crippen LogP contribution < -0.4 is 15.0 Å². The van der Waals surface area contributed by atoms with Gasteiger partial charge >= 0.3 is 0 Å². The molecule has 0 radical (unpaired) electrons. The molecule has 1 aromatic carbocycles. The molecule has 1 N–H and O–H groups in total. The second-order valence-corrected chi connectivity index (χ2v) is 11.2. The summed E-state index contributed by atoms with van der Waals surface area (Å²) in [5, 5.41) is 2.38. The van der Waals surface area contributed by atoms with Crippen molar-refractivity contribution in [3.8, 4) is 5.75 Å². The molecule has 34 heavy (non-hydrogen) atoms. The van der Waals surface area contributed by atoms with E-state index in [-0.39, 0.29) is 24.1 Å². The molecule has 0 aromatic heterocycles. The number of piperazine rings is 1. The summed E-state index contributed by atoms with van der Waals surface area (Å²) < 4.78 is 6.19. The molecule has 2 saturated carbocycles. The first kappa shape index (κ1) is 20.7. The highest BCUT2D eigenvalue weighted by Gasteiger charge is 2.43. The van der Waals surface area contributed by atoms with Gasteiger partial charge < -0.3 is 14.5 Å². The SMILES string of the molecule is O=C1CC[C@H](N2Cc3cc4c(cc3C2=O)OC[C@@H]2CN(CC3CC5CCC3C5)CCN42)C(=O)N1. The lowest BCUT2D eigenvalue weighted by Gasteiger charge is -2.46. The van der Waals surface area contributed by atoms with Crippen molar-refractivity contribution in [1.82, 2.24) is 15.1 Å². The van der Waals surface area contributed by atoms with Crippen LogP contribution in [0.1, 0.15) is 54.4 Å². The van der Waals surface area contributed by atoms with Crippen molar-refractivity contribution in [1.29, 1.82) is 0 Å². The second kappa shape index (κ2) is 7.70. The highest BCUT2D eigenvalue weighted by Crippen LogP contribution is 2.49. The Morgan fingerprint density at radius 3 is 2.74 bits per heavy atom. The largest absolute Gasteiger partial charge is 0.489 e. The molecule has 180 valence electrons. The molecule has 3 amide bonds. The second-order valence-electron chi connectivity index (χ2n) is 11.2. The van der Waals surface area contributed by atoms with E-state index < -0.39 is 6.04 Å². The van der Waals surface area contributed by atoms with Gasteiger partial charge in [0.15, 0.2) is 0 Å². The number of hydrogen-bond acceptors (Lipinski definition) is 6. The Labute approximate surface area is 199 Å². The minimum atomic E-state index is -0.585. The number of piperidine rings is 1. The maximum absolute atomic E-state index is 13.1. The highest BCUT2D eigenvalue weighted by molar-refractivity contribution is 6.05. The van der Waals surface area contributed by atoms with E-state index in [2.05, 4.69) is 21.2 Å². The van der Waals surface area contributed by atoms with Gasteiger partial charge in [0.05, 0.1) is 11.7 Å². The van der Waals surface area contributed by atoms with Gasteiger partial charge in [0.25, 0.3) is 5.91 Å². The number of ether oxygens (including phenoxy) is 1. The summed E-state index contributed by atoms with van der Waals surface area (Å²) in [6.45, 7) is 5.37. The molecule has 7 rings (SSSR count). The van der Waals surface area contributed by atoms with E-state index in [1.165, 1.54) is 32.2 Å². The molecule has 2 saturated heterocycles. The van der Waals surface area contributed by atoms with Crippen molar-refractivity contribution in [2.45, 2.75) is 57.2 Å². The number of nitrogens with zero attached hydrogens (tertiary/aromatic N) is 3. The minimum Gasteiger partial charge on any atom is -0.489 e. The topological polar surface area (TPSA) is 82.2 Å². The lowest BCUT2D eigenvalue weighted by molar-refractivity contribution is -0.136. The van der Waals surface area contributed by atoms with Crippen molar-refractivity contribution in [2.75, 3.05) is 37.7 Å². The number of carbonyl (C=O) groups is 3. The van der Waals surface area contributed by atoms with Gasteiger partial charge in [-0.1, -0.05) is 6.42 Å². The molecule has 1 aromatic rings. The zero-order chi connectivity index (χ0) is 23.0. The van der Waals surface area contributed by atoms with E-state index in [1.807, 2.05) is 6.07 Å². The Bertz CT molecular complexity index is 1070. The average Bonchev–Trinajstić information content (AvgIpc) is 3.53. The Morgan fingerprint density at radius 1 is 1.03 bits per heavy atom. The third-order valence-corrected chi connectivity index (χ3v) is 9.29. The van der Waals surface area contributed by atoms with E-state index in [4.69, 9.17) is 4.74 Å². The van der Waals surface area contributed by atoms with Crippen LogP contribution in [0.15, 0.2) is 12.1 Å². The van der Waals surface area contributed by atoms with Crippen LogP contribution in [0.2, 0.25) is 0 Å². The van der Waals surface area contributed by atoms with E-state index in [0.717, 1.165) is 54.4 Å². The Kier molecular flexibility index (Phi) is 4.70. The van der Waals surface area contributed by atoms with Gasteiger partial charge in [-0.15, -0.1) is 0 Å². The van der Waals surface area contributed by atoms with Crippen LogP contribution >= 0.6 is 0 Å². The van der Waals surface area contributed by atoms with Crippen LogP contribution in [0.5, 0.6) is 5.75 Å². The number of anilines is 1. The first-order valence-electron chi connectivity index (χ1n) is 13.0. The molecule has 4 fully saturated rings. The number of rotatable bonds is 3. The van der Waals surface area contributed by atoms with Crippen LogP contribution in [0.4, 0.5) is 5.69 Å². The van der Waals surface area contributed by atoms with Crippen molar-refractivity contribution >= 4 is 23.4 Å². The first-order chi connectivity index (χ1) is 16.5. The highest BCUT2D eigenvalue weighted by atomic mass is 16.5. The van der Waals surface area contributed by atoms with Crippen LogP contribution in [0, 0.1) is 17.8 Å². The Hall–Kier alpha value is -2.61.